The molecule has 2 amide bonds. The van der Waals surface area contributed by atoms with Gasteiger partial charge in [0, 0.05) is 36.3 Å². The van der Waals surface area contributed by atoms with Crippen molar-refractivity contribution in [3.05, 3.63) is 31.0 Å². The lowest BCUT2D eigenvalue weighted by atomic mass is 9.70. The quantitative estimate of drug-likeness (QED) is 0.850. The number of hydrogen-bond donors (Lipinski definition) is 1. The van der Waals surface area contributed by atoms with Crippen LogP contribution in [0.5, 0.6) is 0 Å². The number of carbonyl (C=O) groups is 1. The molecule has 156 valence electrons. The highest BCUT2D eigenvalue weighted by molar-refractivity contribution is 5.75. The minimum atomic E-state index is 0.0310. The summed E-state index contributed by atoms with van der Waals surface area (Å²) in [5, 5.41) is 7.48. The van der Waals surface area contributed by atoms with Crippen molar-refractivity contribution in [2.75, 3.05) is 46.4 Å². The molecule has 1 N–H and O–H groups in total. The predicted molar refractivity (Wildman–Crippen MR) is 107 cm³/mol. The number of carbonyl (C=O) groups excluding carboxylic acids is 1. The van der Waals surface area contributed by atoms with E-state index >= 15 is 0 Å². The van der Waals surface area contributed by atoms with E-state index in [9.17, 15) is 4.79 Å². The fourth-order valence-corrected chi connectivity index (χ4v) is 5.27. The van der Waals surface area contributed by atoms with Crippen LogP contribution in [0.4, 0.5) is 4.79 Å². The molecule has 2 aromatic rings. The molecule has 0 saturated carbocycles. The number of rotatable bonds is 4. The summed E-state index contributed by atoms with van der Waals surface area (Å²) in [5.41, 5.74) is 2.25. The SMILES string of the molecule is CN1CCC2(CC1)CN(C(=O)NCCn1cc(-c3ccoc3)cn1)[C@@H]1COC[C@@H]12. The zero-order chi connectivity index (χ0) is 19.8. The highest BCUT2D eigenvalue weighted by atomic mass is 16.5. The summed E-state index contributed by atoms with van der Waals surface area (Å²) >= 11 is 0. The topological polar surface area (TPSA) is 75.8 Å². The van der Waals surface area contributed by atoms with Gasteiger partial charge in [-0.15, -0.1) is 0 Å². The highest BCUT2D eigenvalue weighted by Crippen LogP contribution is 2.49. The molecule has 1 spiro atoms. The maximum Gasteiger partial charge on any atom is 0.317 e. The molecule has 3 aliphatic rings. The van der Waals surface area contributed by atoms with Crippen LogP contribution < -0.4 is 5.32 Å². The van der Waals surface area contributed by atoms with Gasteiger partial charge in [-0.1, -0.05) is 0 Å². The highest BCUT2D eigenvalue weighted by Gasteiger charge is 2.56. The lowest BCUT2D eigenvalue weighted by Crippen LogP contribution is -2.46. The molecule has 3 fully saturated rings. The fraction of sp³-hybridized carbons (Fsp3) is 0.619. The Balaban J connectivity index is 1.18. The summed E-state index contributed by atoms with van der Waals surface area (Å²) in [5.74, 6) is 0.477. The molecule has 0 aromatic carbocycles. The first-order valence-electron chi connectivity index (χ1n) is 10.5. The van der Waals surface area contributed by atoms with E-state index in [2.05, 4.69) is 22.4 Å². The van der Waals surface area contributed by atoms with Gasteiger partial charge in [-0.05, 0) is 44.5 Å². The van der Waals surface area contributed by atoms with Gasteiger partial charge in [-0.3, -0.25) is 4.68 Å². The predicted octanol–water partition coefficient (Wildman–Crippen LogP) is 1.90. The second kappa shape index (κ2) is 7.50. The Labute approximate surface area is 170 Å². The van der Waals surface area contributed by atoms with Crippen molar-refractivity contribution < 1.29 is 13.9 Å². The van der Waals surface area contributed by atoms with Crippen LogP contribution in [0.15, 0.2) is 35.4 Å². The Bertz CT molecular complexity index is 840. The van der Waals surface area contributed by atoms with Gasteiger partial charge in [0.05, 0.1) is 44.5 Å². The number of amides is 2. The Hall–Kier alpha value is -2.32. The molecule has 29 heavy (non-hydrogen) atoms. The molecule has 5 rings (SSSR count). The molecule has 0 bridgehead atoms. The van der Waals surface area contributed by atoms with Gasteiger partial charge < -0.3 is 24.3 Å². The number of fused-ring (bicyclic) bond motifs is 2. The first kappa shape index (κ1) is 18.7. The van der Waals surface area contributed by atoms with Crippen LogP contribution in [0.3, 0.4) is 0 Å². The van der Waals surface area contributed by atoms with E-state index in [4.69, 9.17) is 9.15 Å². The number of nitrogens with one attached hydrogen (secondary N) is 1. The van der Waals surface area contributed by atoms with Crippen molar-refractivity contribution in [3.8, 4) is 11.1 Å². The lowest BCUT2D eigenvalue weighted by molar-refractivity contribution is 0.0617. The summed E-state index contributed by atoms with van der Waals surface area (Å²) in [7, 11) is 2.18. The second-order valence-electron chi connectivity index (χ2n) is 8.74. The Morgan fingerprint density at radius 3 is 2.97 bits per heavy atom. The van der Waals surface area contributed by atoms with Gasteiger partial charge in [0.25, 0.3) is 0 Å². The minimum absolute atomic E-state index is 0.0310. The molecule has 0 aliphatic carbocycles. The number of piperidine rings is 1. The molecular weight excluding hydrogens is 370 g/mol. The first-order valence-corrected chi connectivity index (χ1v) is 10.5. The smallest absolute Gasteiger partial charge is 0.317 e. The molecule has 0 unspecified atom stereocenters. The molecule has 8 nitrogen and oxygen atoms in total. The number of aromatic nitrogens is 2. The zero-order valence-electron chi connectivity index (χ0n) is 16.9. The van der Waals surface area contributed by atoms with E-state index in [1.165, 1.54) is 0 Å². The third-order valence-electron chi connectivity index (χ3n) is 7.07. The summed E-state index contributed by atoms with van der Waals surface area (Å²) in [6.45, 7) is 5.73. The standard InChI is InChI=1S/C21H29N5O3/c1-24-6-3-21(4-7-24)15-26(19-14-29-13-18(19)21)20(27)22-5-8-25-11-17(10-23-25)16-2-9-28-12-16/h2,9-12,18-19H,3-8,13-15H2,1H3,(H,22,27)/t18-,19+/m0/s1. The van der Waals surface area contributed by atoms with Crippen molar-refractivity contribution in [1.29, 1.82) is 0 Å². The van der Waals surface area contributed by atoms with Gasteiger partial charge in [0.2, 0.25) is 0 Å². The number of likely N-dealkylation sites (tertiary alicyclic amines) is 2. The van der Waals surface area contributed by atoms with Crippen LogP contribution >= 0.6 is 0 Å². The summed E-state index contributed by atoms with van der Waals surface area (Å²) < 4.78 is 12.8. The monoisotopic (exact) mass is 399 g/mol. The molecular formula is C21H29N5O3. The summed E-state index contributed by atoms with van der Waals surface area (Å²) in [6, 6.07) is 2.16. The van der Waals surface area contributed by atoms with Gasteiger partial charge in [-0.2, -0.15) is 5.10 Å². The molecule has 0 radical (unpaired) electrons. The third-order valence-corrected chi connectivity index (χ3v) is 7.07. The zero-order valence-corrected chi connectivity index (χ0v) is 16.9. The molecule has 2 atom stereocenters. The molecule has 3 saturated heterocycles. The number of furan rings is 1. The van der Waals surface area contributed by atoms with E-state index in [0.29, 0.717) is 25.6 Å². The number of nitrogens with zero attached hydrogens (tertiary/aromatic N) is 4. The van der Waals surface area contributed by atoms with Gasteiger partial charge in [0.15, 0.2) is 0 Å². The van der Waals surface area contributed by atoms with E-state index < -0.39 is 0 Å². The maximum absolute atomic E-state index is 13.0. The summed E-state index contributed by atoms with van der Waals surface area (Å²) in [6.07, 6.45) is 9.46. The van der Waals surface area contributed by atoms with Crippen LogP contribution in [0.25, 0.3) is 11.1 Å². The first-order chi connectivity index (χ1) is 14.1. The van der Waals surface area contributed by atoms with Crippen LogP contribution in [0.1, 0.15) is 12.8 Å². The fourth-order valence-electron chi connectivity index (χ4n) is 5.27. The molecule has 5 heterocycles. The van der Waals surface area contributed by atoms with Crippen molar-refractivity contribution in [3.63, 3.8) is 0 Å². The minimum Gasteiger partial charge on any atom is -0.472 e. The van der Waals surface area contributed by atoms with E-state index in [-0.39, 0.29) is 17.5 Å². The average molecular weight is 399 g/mol. The largest absolute Gasteiger partial charge is 0.472 e. The molecule has 3 aliphatic heterocycles. The number of urea groups is 1. The van der Waals surface area contributed by atoms with Crippen LogP contribution in [-0.4, -0.2) is 78.1 Å². The van der Waals surface area contributed by atoms with Crippen molar-refractivity contribution in [2.24, 2.45) is 11.3 Å². The van der Waals surface area contributed by atoms with E-state index in [1.54, 1.807) is 12.5 Å². The van der Waals surface area contributed by atoms with Gasteiger partial charge in [0.1, 0.15) is 0 Å². The van der Waals surface area contributed by atoms with Gasteiger partial charge >= 0.3 is 6.03 Å². The maximum atomic E-state index is 13.0. The van der Waals surface area contributed by atoms with E-state index in [0.717, 1.165) is 50.2 Å². The van der Waals surface area contributed by atoms with Crippen molar-refractivity contribution in [1.82, 2.24) is 24.9 Å². The second-order valence-corrected chi connectivity index (χ2v) is 8.74. The Morgan fingerprint density at radius 1 is 1.31 bits per heavy atom. The lowest BCUT2D eigenvalue weighted by Gasteiger charge is -2.40. The normalized spacial score (nSPS) is 26.2. The van der Waals surface area contributed by atoms with Gasteiger partial charge in [-0.25, -0.2) is 4.79 Å². The van der Waals surface area contributed by atoms with Crippen LogP contribution in [-0.2, 0) is 11.3 Å². The third kappa shape index (κ3) is 3.44. The van der Waals surface area contributed by atoms with Crippen LogP contribution in [0, 0.1) is 11.3 Å². The number of hydrogen-bond acceptors (Lipinski definition) is 5. The van der Waals surface area contributed by atoms with Crippen molar-refractivity contribution >= 4 is 6.03 Å². The summed E-state index contributed by atoms with van der Waals surface area (Å²) in [4.78, 5) is 17.4. The van der Waals surface area contributed by atoms with E-state index in [1.807, 2.05) is 28.0 Å². The molecule has 8 heteroatoms. The average Bonchev–Trinajstić information content (AvgIpc) is 3.50. The van der Waals surface area contributed by atoms with Crippen molar-refractivity contribution in [2.45, 2.75) is 25.4 Å². The number of ether oxygens (including phenoxy) is 1. The van der Waals surface area contributed by atoms with Crippen LogP contribution in [0.2, 0.25) is 0 Å². The Morgan fingerprint density at radius 2 is 2.17 bits per heavy atom. The molecule has 2 aromatic heterocycles. The Kier molecular flexibility index (Phi) is 4.83.